The number of hydrazone groups is 1. The summed E-state index contributed by atoms with van der Waals surface area (Å²) in [6.07, 6.45) is 1.63. The minimum atomic E-state index is -1.35. The molecule has 0 fully saturated rings. The Hall–Kier alpha value is -1.57. The summed E-state index contributed by atoms with van der Waals surface area (Å²) in [5.41, 5.74) is 3.19. The minimum Gasteiger partial charge on any atom is -0.326 e. The number of hydrogen-bond donors (Lipinski definition) is 1. The Bertz CT molecular complexity index is 410. The fraction of sp³-hybridized carbons (Fsp3) is 0.500. The highest BCUT2D eigenvalue weighted by molar-refractivity contribution is 5.90. The highest BCUT2D eigenvalue weighted by Gasteiger charge is 2.36. The molecule has 7 heteroatoms. The van der Waals surface area contributed by atoms with E-state index < -0.39 is 11.8 Å². The Labute approximate surface area is 111 Å². The van der Waals surface area contributed by atoms with Crippen molar-refractivity contribution in [2.45, 2.75) is 19.3 Å². The van der Waals surface area contributed by atoms with Gasteiger partial charge in [0, 0.05) is 21.3 Å². The Balaban J connectivity index is 2.89. The predicted molar refractivity (Wildman–Crippen MR) is 69.3 cm³/mol. The summed E-state index contributed by atoms with van der Waals surface area (Å²) < 4.78 is 28.3. The van der Waals surface area contributed by atoms with E-state index in [2.05, 4.69) is 15.5 Å². The molecule has 1 aromatic heterocycles. The third-order valence-corrected chi connectivity index (χ3v) is 2.53. The third-order valence-electron chi connectivity index (χ3n) is 2.53. The zero-order chi connectivity index (χ0) is 14.3. The maximum absolute atomic E-state index is 12.7. The van der Waals surface area contributed by atoms with Crippen molar-refractivity contribution in [2.24, 2.45) is 5.10 Å². The van der Waals surface area contributed by atoms with Gasteiger partial charge in [0.25, 0.3) is 0 Å². The van der Waals surface area contributed by atoms with Crippen LogP contribution in [0.3, 0.4) is 0 Å². The number of halogens is 1. The number of nitrogens with one attached hydrogen (secondary N) is 1. The number of hydrogen-bond acceptors (Lipinski definition) is 6. The fourth-order valence-electron chi connectivity index (χ4n) is 1.53. The number of rotatable bonds is 7. The predicted octanol–water partition coefficient (Wildman–Crippen LogP) is 1.99. The zero-order valence-corrected chi connectivity index (χ0v) is 11.4. The van der Waals surface area contributed by atoms with Crippen LogP contribution in [0.5, 0.6) is 0 Å². The monoisotopic (exact) mass is 271 g/mol. The van der Waals surface area contributed by atoms with Gasteiger partial charge in [0.1, 0.15) is 17.3 Å². The second kappa shape index (κ2) is 7.13. The molecule has 1 rings (SSSR count). The van der Waals surface area contributed by atoms with E-state index in [1.165, 1.54) is 33.5 Å². The van der Waals surface area contributed by atoms with Gasteiger partial charge in [-0.05, 0) is 18.6 Å². The normalized spacial score (nSPS) is 12.6. The summed E-state index contributed by atoms with van der Waals surface area (Å²) in [4.78, 5) is 3.83. The molecule has 0 aliphatic rings. The molecule has 0 unspecified atom stereocenters. The van der Waals surface area contributed by atoms with Gasteiger partial charge in [-0.1, -0.05) is 6.92 Å². The number of pyridine rings is 1. The first-order valence-corrected chi connectivity index (χ1v) is 5.72. The first kappa shape index (κ1) is 15.5. The topological polar surface area (TPSA) is 65.0 Å². The molecular weight excluding hydrogens is 253 g/mol. The first-order valence-electron chi connectivity index (χ1n) is 5.72. The molecule has 0 aliphatic heterocycles. The molecule has 106 valence electrons. The van der Waals surface area contributed by atoms with Crippen LogP contribution in [0.2, 0.25) is 0 Å². The molecule has 0 spiro atoms. The fourth-order valence-corrected chi connectivity index (χ4v) is 1.53. The van der Waals surface area contributed by atoms with Crippen LogP contribution < -0.4 is 5.43 Å². The minimum absolute atomic E-state index is 0.407. The van der Waals surface area contributed by atoms with E-state index in [1.807, 2.05) is 6.92 Å². The smallest absolute Gasteiger partial charge is 0.326 e. The quantitative estimate of drug-likeness (QED) is 0.467. The Kier molecular flexibility index (Phi) is 5.81. The Morgan fingerprint density at radius 1 is 1.32 bits per heavy atom. The lowest BCUT2D eigenvalue weighted by molar-refractivity contribution is -0.304. The van der Waals surface area contributed by atoms with Crippen LogP contribution in [0, 0.1) is 5.82 Å². The summed E-state index contributed by atoms with van der Waals surface area (Å²) >= 11 is 0. The second-order valence-corrected chi connectivity index (χ2v) is 3.55. The van der Waals surface area contributed by atoms with Crippen LogP contribution in [-0.2, 0) is 14.2 Å². The molecule has 0 amide bonds. The number of anilines is 1. The van der Waals surface area contributed by atoms with Gasteiger partial charge in [-0.2, -0.15) is 5.10 Å². The van der Waals surface area contributed by atoms with Crippen LogP contribution in [0.1, 0.15) is 13.3 Å². The average molecular weight is 271 g/mol. The summed E-state index contributed by atoms with van der Waals surface area (Å²) in [5, 5.41) is 4.13. The molecule has 6 nitrogen and oxygen atoms in total. The highest BCUT2D eigenvalue weighted by Crippen LogP contribution is 2.17. The summed E-state index contributed by atoms with van der Waals surface area (Å²) in [6.45, 7) is 1.88. The zero-order valence-electron chi connectivity index (χ0n) is 11.4. The van der Waals surface area contributed by atoms with E-state index in [1.54, 1.807) is 0 Å². The van der Waals surface area contributed by atoms with Crippen molar-refractivity contribution in [1.82, 2.24) is 4.98 Å². The maximum atomic E-state index is 12.7. The van der Waals surface area contributed by atoms with Gasteiger partial charge in [0.15, 0.2) is 0 Å². The molecule has 1 aromatic rings. The van der Waals surface area contributed by atoms with Crippen LogP contribution in [0.15, 0.2) is 23.4 Å². The maximum Gasteiger partial charge on any atom is 0.326 e. The van der Waals surface area contributed by atoms with Gasteiger partial charge in [0.2, 0.25) is 0 Å². The van der Waals surface area contributed by atoms with E-state index in [4.69, 9.17) is 14.2 Å². The van der Waals surface area contributed by atoms with Crippen molar-refractivity contribution in [3.63, 3.8) is 0 Å². The van der Waals surface area contributed by atoms with Crippen LogP contribution in [0.4, 0.5) is 10.2 Å². The van der Waals surface area contributed by atoms with E-state index in [0.29, 0.717) is 18.0 Å². The van der Waals surface area contributed by atoms with Gasteiger partial charge >= 0.3 is 5.97 Å². The third kappa shape index (κ3) is 3.69. The van der Waals surface area contributed by atoms with E-state index in [-0.39, 0.29) is 0 Å². The molecule has 1 heterocycles. The van der Waals surface area contributed by atoms with Crippen molar-refractivity contribution in [3.8, 4) is 0 Å². The number of nitrogens with zero attached hydrogens (tertiary/aromatic N) is 2. The lowest BCUT2D eigenvalue weighted by Crippen LogP contribution is -2.44. The van der Waals surface area contributed by atoms with Gasteiger partial charge in [0.05, 0.1) is 6.20 Å². The highest BCUT2D eigenvalue weighted by atomic mass is 19.1. The van der Waals surface area contributed by atoms with Gasteiger partial charge < -0.3 is 14.2 Å². The van der Waals surface area contributed by atoms with Crippen LogP contribution >= 0.6 is 0 Å². The van der Waals surface area contributed by atoms with Crippen molar-refractivity contribution >= 4 is 11.5 Å². The van der Waals surface area contributed by atoms with E-state index in [9.17, 15) is 4.39 Å². The Morgan fingerprint density at radius 3 is 2.37 bits per heavy atom. The number of aromatic nitrogens is 1. The Morgan fingerprint density at radius 2 is 1.95 bits per heavy atom. The van der Waals surface area contributed by atoms with Crippen molar-refractivity contribution in [1.29, 1.82) is 0 Å². The molecule has 0 atom stereocenters. The summed E-state index contributed by atoms with van der Waals surface area (Å²) in [7, 11) is 4.36. The average Bonchev–Trinajstić information content (AvgIpc) is 2.46. The lowest BCUT2D eigenvalue weighted by Gasteiger charge is -2.29. The molecule has 1 N–H and O–H groups in total. The SMILES string of the molecule is CCC(=NNc1ccc(F)cn1)C(OC)(OC)OC. The second-order valence-electron chi connectivity index (χ2n) is 3.55. The van der Waals surface area contributed by atoms with Crippen LogP contribution in [-0.4, -0.2) is 38.0 Å². The van der Waals surface area contributed by atoms with E-state index in [0.717, 1.165) is 6.20 Å². The molecule has 0 saturated carbocycles. The van der Waals surface area contributed by atoms with Crippen molar-refractivity contribution in [2.75, 3.05) is 26.8 Å². The van der Waals surface area contributed by atoms with Crippen molar-refractivity contribution < 1.29 is 18.6 Å². The largest absolute Gasteiger partial charge is 0.326 e. The summed E-state index contributed by atoms with van der Waals surface area (Å²) in [5.74, 6) is -1.35. The van der Waals surface area contributed by atoms with Crippen molar-refractivity contribution in [3.05, 3.63) is 24.1 Å². The molecule has 0 saturated heterocycles. The lowest BCUT2D eigenvalue weighted by atomic mass is 10.2. The molecule has 0 radical (unpaired) electrons. The molecule has 19 heavy (non-hydrogen) atoms. The number of ether oxygens (including phenoxy) is 3. The first-order chi connectivity index (χ1) is 9.11. The molecule has 0 aromatic carbocycles. The van der Waals surface area contributed by atoms with Gasteiger partial charge in [-0.3, -0.25) is 5.43 Å². The van der Waals surface area contributed by atoms with E-state index >= 15 is 0 Å². The summed E-state index contributed by atoms with van der Waals surface area (Å²) in [6, 6.07) is 2.76. The standard InChI is InChI=1S/C12H18FN3O3/c1-5-10(12(17-2,18-3)19-4)15-16-11-7-6-9(13)8-14-11/h6-8H,5H2,1-4H3,(H,14,16). The van der Waals surface area contributed by atoms with Gasteiger partial charge in [-0.15, -0.1) is 0 Å². The molecule has 0 aliphatic carbocycles. The molecular formula is C12H18FN3O3. The number of methoxy groups -OCH3 is 3. The molecule has 0 bridgehead atoms. The van der Waals surface area contributed by atoms with Gasteiger partial charge in [-0.25, -0.2) is 9.37 Å². The van der Waals surface area contributed by atoms with Crippen LogP contribution in [0.25, 0.3) is 0 Å².